The van der Waals surface area contributed by atoms with Crippen molar-refractivity contribution in [3.63, 3.8) is 0 Å². The molecule has 0 N–H and O–H groups in total. The molecule has 20 heavy (non-hydrogen) atoms. The summed E-state index contributed by atoms with van der Waals surface area (Å²) < 4.78 is 5.08. The van der Waals surface area contributed by atoms with Crippen LogP contribution in [0.15, 0.2) is 47.4 Å². The minimum atomic E-state index is -0.0208. The number of carbonyl (C=O) groups excluding carboxylic acids is 1. The Bertz CT molecular complexity index is 612. The molecular weight excluding hydrogens is 315 g/mol. The van der Waals surface area contributed by atoms with E-state index in [9.17, 15) is 4.79 Å². The molecule has 0 saturated carbocycles. The quantitative estimate of drug-likeness (QED) is 0.572. The van der Waals surface area contributed by atoms with Crippen LogP contribution in [0.1, 0.15) is 10.4 Å². The molecule has 0 bridgehead atoms. The second-order valence-corrected chi connectivity index (χ2v) is 5.90. The Morgan fingerprint density at radius 3 is 2.45 bits per heavy atom. The lowest BCUT2D eigenvalue weighted by Crippen LogP contribution is -2.03. The Hall–Kier alpha value is -1.16. The van der Waals surface area contributed by atoms with Crippen LogP contribution >= 0.6 is 35.0 Å². The predicted molar refractivity (Wildman–Crippen MR) is 84.5 cm³/mol. The van der Waals surface area contributed by atoms with Gasteiger partial charge in [0.1, 0.15) is 5.75 Å². The van der Waals surface area contributed by atoms with Crippen molar-refractivity contribution < 1.29 is 9.53 Å². The highest BCUT2D eigenvalue weighted by Gasteiger charge is 2.11. The molecule has 2 aromatic carbocycles. The first-order valence-electron chi connectivity index (χ1n) is 5.85. The molecule has 0 unspecified atom stereocenters. The summed E-state index contributed by atoms with van der Waals surface area (Å²) in [5.41, 5.74) is 0.497. The Morgan fingerprint density at radius 2 is 1.85 bits per heavy atom. The van der Waals surface area contributed by atoms with Gasteiger partial charge >= 0.3 is 0 Å². The van der Waals surface area contributed by atoms with Gasteiger partial charge in [-0.3, -0.25) is 4.79 Å². The number of Topliss-reactive ketones (excluding diaryl/α,β-unsaturated/α-hetero) is 1. The summed E-state index contributed by atoms with van der Waals surface area (Å²) in [6, 6.07) is 12.5. The summed E-state index contributed by atoms with van der Waals surface area (Å²) in [6.07, 6.45) is 0. The number of ketones is 1. The van der Waals surface area contributed by atoms with Crippen molar-refractivity contribution in [3.8, 4) is 5.75 Å². The SMILES string of the molecule is COc1ccc(SCC(=O)c2ccc(Cl)cc2Cl)cc1. The van der Waals surface area contributed by atoms with Gasteiger partial charge in [-0.1, -0.05) is 23.2 Å². The molecule has 0 spiro atoms. The predicted octanol–water partition coefficient (Wildman–Crippen LogP) is 4.98. The Morgan fingerprint density at radius 1 is 1.15 bits per heavy atom. The number of rotatable bonds is 5. The first-order chi connectivity index (χ1) is 9.60. The van der Waals surface area contributed by atoms with Gasteiger partial charge in [0.25, 0.3) is 0 Å². The van der Waals surface area contributed by atoms with Crippen LogP contribution < -0.4 is 4.74 Å². The van der Waals surface area contributed by atoms with E-state index in [0.29, 0.717) is 21.4 Å². The van der Waals surface area contributed by atoms with Crippen molar-refractivity contribution in [2.45, 2.75) is 4.90 Å². The van der Waals surface area contributed by atoms with Gasteiger partial charge in [0.15, 0.2) is 5.78 Å². The van der Waals surface area contributed by atoms with Crippen molar-refractivity contribution in [1.82, 2.24) is 0 Å². The zero-order valence-electron chi connectivity index (χ0n) is 10.7. The standard InChI is InChI=1S/C15H12Cl2O2S/c1-19-11-3-5-12(6-4-11)20-9-15(18)13-7-2-10(16)8-14(13)17/h2-8H,9H2,1H3. The van der Waals surface area contributed by atoms with Crippen LogP contribution in [0.25, 0.3) is 0 Å². The second-order valence-electron chi connectivity index (χ2n) is 4.01. The number of methoxy groups -OCH3 is 1. The van der Waals surface area contributed by atoms with Crippen LogP contribution in [0.2, 0.25) is 10.0 Å². The molecule has 104 valence electrons. The van der Waals surface area contributed by atoms with Crippen LogP contribution in [-0.4, -0.2) is 18.6 Å². The summed E-state index contributed by atoms with van der Waals surface area (Å²) >= 11 is 13.3. The Labute approximate surface area is 132 Å². The highest BCUT2D eigenvalue weighted by Crippen LogP contribution is 2.25. The molecule has 0 fully saturated rings. The van der Waals surface area contributed by atoms with Gasteiger partial charge in [0, 0.05) is 15.5 Å². The van der Waals surface area contributed by atoms with Gasteiger partial charge in [0.05, 0.1) is 17.9 Å². The third-order valence-corrected chi connectivity index (χ3v) is 4.22. The summed E-state index contributed by atoms with van der Waals surface area (Å²) in [5.74, 6) is 1.10. The highest BCUT2D eigenvalue weighted by molar-refractivity contribution is 8.00. The van der Waals surface area contributed by atoms with Crippen molar-refractivity contribution in [2.75, 3.05) is 12.9 Å². The normalized spacial score (nSPS) is 10.3. The summed E-state index contributed by atoms with van der Waals surface area (Å²) in [7, 11) is 1.62. The molecule has 0 radical (unpaired) electrons. The maximum absolute atomic E-state index is 12.1. The number of thioether (sulfide) groups is 1. The average Bonchev–Trinajstić information content (AvgIpc) is 2.45. The fraction of sp³-hybridized carbons (Fsp3) is 0.133. The van der Waals surface area contributed by atoms with Crippen molar-refractivity contribution in [1.29, 1.82) is 0 Å². The van der Waals surface area contributed by atoms with Gasteiger partial charge in [-0.05, 0) is 42.5 Å². The van der Waals surface area contributed by atoms with Crippen LogP contribution in [0.4, 0.5) is 0 Å². The van der Waals surface area contributed by atoms with Crippen LogP contribution in [-0.2, 0) is 0 Å². The molecule has 0 aliphatic rings. The van der Waals surface area contributed by atoms with Crippen molar-refractivity contribution in [3.05, 3.63) is 58.1 Å². The third kappa shape index (κ3) is 3.92. The van der Waals surface area contributed by atoms with Gasteiger partial charge in [-0.25, -0.2) is 0 Å². The molecule has 0 amide bonds. The molecular formula is C15H12Cl2O2S. The summed E-state index contributed by atoms with van der Waals surface area (Å²) in [6.45, 7) is 0. The summed E-state index contributed by atoms with van der Waals surface area (Å²) in [4.78, 5) is 13.1. The van der Waals surface area contributed by atoms with Gasteiger partial charge in [-0.15, -0.1) is 11.8 Å². The largest absolute Gasteiger partial charge is 0.497 e. The van der Waals surface area contributed by atoms with Gasteiger partial charge < -0.3 is 4.74 Å². The fourth-order valence-electron chi connectivity index (χ4n) is 1.61. The van der Waals surface area contributed by atoms with Crippen molar-refractivity contribution >= 4 is 40.7 Å². The number of carbonyl (C=O) groups is 1. The number of hydrogen-bond acceptors (Lipinski definition) is 3. The Balaban J connectivity index is 2.00. The third-order valence-electron chi connectivity index (χ3n) is 2.66. The molecule has 0 atom stereocenters. The van der Waals surface area contributed by atoms with E-state index in [4.69, 9.17) is 27.9 Å². The molecule has 2 nitrogen and oxygen atoms in total. The zero-order chi connectivity index (χ0) is 14.5. The van der Waals surface area contributed by atoms with Crippen LogP contribution in [0.3, 0.4) is 0 Å². The van der Waals surface area contributed by atoms with E-state index in [-0.39, 0.29) is 5.78 Å². The molecule has 0 saturated heterocycles. The molecule has 0 aliphatic heterocycles. The Kier molecular flexibility index (Phi) is 5.35. The van der Waals surface area contributed by atoms with Gasteiger partial charge in [0.2, 0.25) is 0 Å². The van der Waals surface area contributed by atoms with E-state index in [0.717, 1.165) is 10.6 Å². The fourth-order valence-corrected chi connectivity index (χ4v) is 2.91. The van der Waals surface area contributed by atoms with Gasteiger partial charge in [-0.2, -0.15) is 0 Å². The van der Waals surface area contributed by atoms with Crippen molar-refractivity contribution in [2.24, 2.45) is 0 Å². The van der Waals surface area contributed by atoms with E-state index in [1.807, 2.05) is 24.3 Å². The van der Waals surface area contributed by atoms with E-state index in [1.54, 1.807) is 25.3 Å². The van der Waals surface area contributed by atoms with E-state index in [2.05, 4.69) is 0 Å². The zero-order valence-corrected chi connectivity index (χ0v) is 13.1. The number of halogens is 2. The lowest BCUT2D eigenvalue weighted by atomic mass is 10.1. The minimum Gasteiger partial charge on any atom is -0.497 e. The second kappa shape index (κ2) is 7.02. The topological polar surface area (TPSA) is 26.3 Å². The monoisotopic (exact) mass is 326 g/mol. The maximum atomic E-state index is 12.1. The molecule has 0 heterocycles. The molecule has 0 aliphatic carbocycles. The number of ether oxygens (including phenoxy) is 1. The van der Waals surface area contributed by atoms with E-state index in [1.165, 1.54) is 11.8 Å². The lowest BCUT2D eigenvalue weighted by molar-refractivity contribution is 0.102. The first-order valence-corrected chi connectivity index (χ1v) is 7.59. The van der Waals surface area contributed by atoms with Crippen LogP contribution in [0, 0.1) is 0 Å². The lowest BCUT2D eigenvalue weighted by Gasteiger charge is -2.05. The highest BCUT2D eigenvalue weighted by atomic mass is 35.5. The minimum absolute atomic E-state index is 0.0208. The van der Waals surface area contributed by atoms with E-state index >= 15 is 0 Å². The molecule has 2 rings (SSSR count). The van der Waals surface area contributed by atoms with E-state index < -0.39 is 0 Å². The smallest absolute Gasteiger partial charge is 0.174 e. The molecule has 0 aromatic heterocycles. The van der Waals surface area contributed by atoms with Crippen LogP contribution in [0.5, 0.6) is 5.75 Å². The maximum Gasteiger partial charge on any atom is 0.174 e. The molecule has 2 aromatic rings. The number of benzene rings is 2. The summed E-state index contributed by atoms with van der Waals surface area (Å²) in [5, 5.41) is 0.909. The average molecular weight is 327 g/mol. The first kappa shape index (κ1) is 15.2. The molecule has 5 heteroatoms. The number of hydrogen-bond donors (Lipinski definition) is 0.